The van der Waals surface area contributed by atoms with Gasteiger partial charge >= 0.3 is 0 Å². The number of nitrogens with one attached hydrogen (secondary N) is 1. The first-order chi connectivity index (χ1) is 4.75. The molecule has 52 valence electrons. The molecule has 0 aliphatic rings. The van der Waals surface area contributed by atoms with Crippen molar-refractivity contribution in [3.05, 3.63) is 32.7 Å². The van der Waals surface area contributed by atoms with Crippen LogP contribution < -0.4 is 5.43 Å². The zero-order chi connectivity index (χ0) is 7.56. The van der Waals surface area contributed by atoms with Crippen molar-refractivity contribution in [2.75, 3.05) is 0 Å². The number of pyridine rings is 1. The molecule has 1 N–H and O–H groups in total. The van der Waals surface area contributed by atoms with Gasteiger partial charge in [0.2, 0.25) is 0 Å². The van der Waals surface area contributed by atoms with Gasteiger partial charge in [0.25, 0.3) is 0 Å². The summed E-state index contributed by atoms with van der Waals surface area (Å²) in [5.41, 5.74) is 0.0772. The molecule has 0 saturated carbocycles. The van der Waals surface area contributed by atoms with Crippen molar-refractivity contribution in [3.63, 3.8) is 0 Å². The van der Waals surface area contributed by atoms with Gasteiger partial charge in [-0.05, 0) is 15.9 Å². The standard InChI is InChI=1S/C6H4BrNO2/c7-6-4(3-9)8-2-1-5(6)10/h1-3H,(H,8,10). The van der Waals surface area contributed by atoms with Gasteiger partial charge in [0.15, 0.2) is 11.7 Å². The minimum atomic E-state index is -0.194. The quantitative estimate of drug-likeness (QED) is 0.689. The van der Waals surface area contributed by atoms with Crippen molar-refractivity contribution in [1.29, 1.82) is 0 Å². The Hall–Kier alpha value is -0.900. The zero-order valence-electron chi connectivity index (χ0n) is 4.93. The Kier molecular flexibility index (Phi) is 2.01. The number of H-pyrrole nitrogens is 1. The highest BCUT2D eigenvalue weighted by molar-refractivity contribution is 9.10. The van der Waals surface area contributed by atoms with Crippen molar-refractivity contribution < 1.29 is 4.79 Å². The molecule has 0 spiro atoms. The van der Waals surface area contributed by atoms with E-state index in [4.69, 9.17) is 0 Å². The maximum Gasteiger partial charge on any atom is 0.196 e. The Morgan fingerprint density at radius 2 is 2.30 bits per heavy atom. The molecule has 0 atom stereocenters. The molecule has 0 radical (unpaired) electrons. The summed E-state index contributed by atoms with van der Waals surface area (Å²) in [6, 6.07) is 1.34. The van der Waals surface area contributed by atoms with E-state index in [2.05, 4.69) is 20.9 Å². The number of hydrogen-bond acceptors (Lipinski definition) is 2. The van der Waals surface area contributed by atoms with Crippen LogP contribution in [0.2, 0.25) is 0 Å². The van der Waals surface area contributed by atoms with Crippen LogP contribution in [0.15, 0.2) is 21.5 Å². The first-order valence-electron chi connectivity index (χ1n) is 2.58. The molecule has 3 nitrogen and oxygen atoms in total. The molecule has 10 heavy (non-hydrogen) atoms. The first-order valence-corrected chi connectivity index (χ1v) is 3.37. The van der Waals surface area contributed by atoms with E-state index in [1.54, 1.807) is 0 Å². The summed E-state index contributed by atoms with van der Waals surface area (Å²) in [5, 5.41) is 0. The van der Waals surface area contributed by atoms with Crippen molar-refractivity contribution in [2.45, 2.75) is 0 Å². The van der Waals surface area contributed by atoms with E-state index in [1.807, 2.05) is 0 Å². The second kappa shape index (κ2) is 2.79. The fraction of sp³-hybridized carbons (Fsp3) is 0. The van der Waals surface area contributed by atoms with Gasteiger partial charge in [-0.2, -0.15) is 0 Å². The highest BCUT2D eigenvalue weighted by atomic mass is 79.9. The maximum atomic E-state index is 10.8. The highest BCUT2D eigenvalue weighted by Gasteiger charge is 1.99. The summed E-state index contributed by atoms with van der Waals surface area (Å²) in [5.74, 6) is 0. The predicted octanol–water partition coefficient (Wildman–Crippen LogP) is 0.950. The average Bonchev–Trinajstić information content (AvgIpc) is 1.95. The highest BCUT2D eigenvalue weighted by Crippen LogP contribution is 2.04. The largest absolute Gasteiger partial charge is 0.358 e. The zero-order valence-corrected chi connectivity index (χ0v) is 6.51. The summed E-state index contributed by atoms with van der Waals surface area (Å²) in [7, 11) is 0. The molecule has 1 heterocycles. The number of carbonyl (C=O) groups is 1. The van der Waals surface area contributed by atoms with Crippen LogP contribution in [-0.4, -0.2) is 11.3 Å². The minimum absolute atomic E-state index is 0.194. The van der Waals surface area contributed by atoms with Gasteiger partial charge in [-0.3, -0.25) is 9.59 Å². The Balaban J connectivity index is 3.41. The number of hydrogen-bond donors (Lipinski definition) is 1. The molecule has 0 bridgehead atoms. The lowest BCUT2D eigenvalue weighted by Gasteiger charge is -1.91. The van der Waals surface area contributed by atoms with Crippen LogP contribution in [0.3, 0.4) is 0 Å². The third kappa shape index (κ3) is 1.16. The maximum absolute atomic E-state index is 10.8. The van der Waals surface area contributed by atoms with Gasteiger partial charge in [-0.1, -0.05) is 0 Å². The predicted molar refractivity (Wildman–Crippen MR) is 40.2 cm³/mol. The topological polar surface area (TPSA) is 49.9 Å². The van der Waals surface area contributed by atoms with E-state index < -0.39 is 0 Å². The number of rotatable bonds is 1. The SMILES string of the molecule is O=Cc1[nH]ccc(=O)c1Br. The molecular formula is C6H4BrNO2. The molecule has 0 unspecified atom stereocenters. The van der Waals surface area contributed by atoms with Gasteiger partial charge in [-0.25, -0.2) is 0 Å². The molecule has 1 aromatic rings. The Bertz CT molecular complexity index is 305. The second-order valence-electron chi connectivity index (χ2n) is 1.69. The van der Waals surface area contributed by atoms with Crippen LogP contribution in [0.4, 0.5) is 0 Å². The van der Waals surface area contributed by atoms with Crippen LogP contribution >= 0.6 is 15.9 Å². The third-order valence-corrected chi connectivity index (χ3v) is 1.86. The summed E-state index contributed by atoms with van der Waals surface area (Å²) in [6.07, 6.45) is 2.02. The first kappa shape index (κ1) is 7.21. The lowest BCUT2D eigenvalue weighted by atomic mass is 10.4. The van der Waals surface area contributed by atoms with E-state index in [0.29, 0.717) is 6.29 Å². The van der Waals surface area contributed by atoms with Crippen LogP contribution in [0, 0.1) is 0 Å². The number of aromatic amines is 1. The van der Waals surface area contributed by atoms with Gasteiger partial charge in [-0.15, -0.1) is 0 Å². The molecule has 4 heteroatoms. The van der Waals surface area contributed by atoms with Crippen LogP contribution in [0.25, 0.3) is 0 Å². The van der Waals surface area contributed by atoms with Gasteiger partial charge in [0.1, 0.15) is 0 Å². The van der Waals surface area contributed by atoms with E-state index in [1.165, 1.54) is 12.3 Å². The molecule has 0 aliphatic heterocycles. The summed E-state index contributed by atoms with van der Waals surface area (Å²) in [4.78, 5) is 23.6. The molecule has 0 fully saturated rings. The molecule has 0 saturated heterocycles. The van der Waals surface area contributed by atoms with Crippen molar-refractivity contribution in [3.8, 4) is 0 Å². The molecule has 0 aromatic carbocycles. The van der Waals surface area contributed by atoms with E-state index >= 15 is 0 Å². The smallest absolute Gasteiger partial charge is 0.196 e. The number of carbonyl (C=O) groups excluding carboxylic acids is 1. The van der Waals surface area contributed by atoms with Gasteiger partial charge in [0, 0.05) is 12.3 Å². The molecule has 0 amide bonds. The Morgan fingerprint density at radius 1 is 1.60 bits per heavy atom. The Labute approximate surface area is 65.2 Å². The monoisotopic (exact) mass is 201 g/mol. The summed E-state index contributed by atoms with van der Waals surface area (Å²) < 4.78 is 0.282. The van der Waals surface area contributed by atoms with Crippen LogP contribution in [-0.2, 0) is 0 Å². The fourth-order valence-electron chi connectivity index (χ4n) is 0.562. The van der Waals surface area contributed by atoms with Crippen molar-refractivity contribution >= 4 is 22.2 Å². The van der Waals surface area contributed by atoms with E-state index in [-0.39, 0.29) is 15.6 Å². The van der Waals surface area contributed by atoms with E-state index in [0.717, 1.165) is 0 Å². The Morgan fingerprint density at radius 3 is 2.80 bits per heavy atom. The summed E-state index contributed by atoms with van der Waals surface area (Å²) >= 11 is 2.97. The van der Waals surface area contributed by atoms with Crippen LogP contribution in [0.1, 0.15) is 10.5 Å². The molecule has 1 rings (SSSR count). The van der Waals surface area contributed by atoms with Gasteiger partial charge < -0.3 is 4.98 Å². The normalized spacial score (nSPS) is 9.30. The average molecular weight is 202 g/mol. The molecule has 0 aliphatic carbocycles. The van der Waals surface area contributed by atoms with Crippen molar-refractivity contribution in [2.24, 2.45) is 0 Å². The minimum Gasteiger partial charge on any atom is -0.358 e. The lowest BCUT2D eigenvalue weighted by Crippen LogP contribution is -2.04. The number of halogens is 1. The number of aromatic nitrogens is 1. The third-order valence-electron chi connectivity index (χ3n) is 1.04. The fourth-order valence-corrected chi connectivity index (χ4v) is 0.902. The number of aldehydes is 1. The summed E-state index contributed by atoms with van der Waals surface area (Å²) in [6.45, 7) is 0. The second-order valence-corrected chi connectivity index (χ2v) is 2.48. The van der Waals surface area contributed by atoms with E-state index in [9.17, 15) is 9.59 Å². The lowest BCUT2D eigenvalue weighted by molar-refractivity contribution is 0.111. The molecule has 1 aromatic heterocycles. The van der Waals surface area contributed by atoms with Crippen molar-refractivity contribution in [1.82, 2.24) is 4.98 Å². The van der Waals surface area contributed by atoms with Crippen LogP contribution in [0.5, 0.6) is 0 Å². The molecular weight excluding hydrogens is 198 g/mol. The van der Waals surface area contributed by atoms with Gasteiger partial charge in [0.05, 0.1) is 10.2 Å².